The van der Waals surface area contributed by atoms with Crippen molar-refractivity contribution in [2.45, 2.75) is 13.1 Å². The number of hydrogen-bond acceptors (Lipinski definition) is 6. The molecule has 7 nitrogen and oxygen atoms in total. The monoisotopic (exact) mass is 429 g/mol. The number of alkyl halides is 3. The van der Waals surface area contributed by atoms with E-state index in [9.17, 15) is 22.8 Å². The van der Waals surface area contributed by atoms with Crippen molar-refractivity contribution in [1.82, 2.24) is 9.78 Å². The Bertz CT molecular complexity index is 1260. The van der Waals surface area contributed by atoms with Crippen molar-refractivity contribution in [3.05, 3.63) is 81.3 Å². The highest BCUT2D eigenvalue weighted by Gasteiger charge is 2.34. The molecule has 0 N–H and O–H groups in total. The summed E-state index contributed by atoms with van der Waals surface area (Å²) < 4.78 is 51.3. The standard InChI is InChI=1S/C21H14F3N3O4/c1-12-9-16(28)19(20(29)31-17-8-7-13(11-25)10-18(17)30-2)26-27(12)15-6-4-3-5-14(15)21(22,23)24/h3-10H,1-2H3. The third-order valence-corrected chi connectivity index (χ3v) is 4.23. The molecular weight excluding hydrogens is 415 g/mol. The molecule has 0 unspecified atom stereocenters. The Morgan fingerprint density at radius 1 is 1.13 bits per heavy atom. The van der Waals surface area contributed by atoms with E-state index in [1.165, 1.54) is 50.4 Å². The van der Waals surface area contributed by atoms with Crippen molar-refractivity contribution in [2.24, 2.45) is 0 Å². The normalized spacial score (nSPS) is 11.0. The Hall–Kier alpha value is -4.13. The minimum atomic E-state index is -4.68. The molecule has 0 saturated carbocycles. The number of rotatable bonds is 4. The fraction of sp³-hybridized carbons (Fsp3) is 0.143. The zero-order valence-electron chi connectivity index (χ0n) is 16.2. The average molecular weight is 429 g/mol. The Labute approximate surface area is 173 Å². The fourth-order valence-corrected chi connectivity index (χ4v) is 2.80. The number of carbonyl (C=O) groups is 1. The third kappa shape index (κ3) is 4.40. The van der Waals surface area contributed by atoms with Crippen LogP contribution >= 0.6 is 0 Å². The lowest BCUT2D eigenvalue weighted by Gasteiger charge is -2.16. The number of halogens is 3. The number of ether oxygens (including phenoxy) is 2. The summed E-state index contributed by atoms with van der Waals surface area (Å²) in [6.45, 7) is 1.39. The van der Waals surface area contributed by atoms with Gasteiger partial charge in [0.2, 0.25) is 11.1 Å². The lowest BCUT2D eigenvalue weighted by atomic mass is 10.1. The largest absolute Gasteiger partial charge is 0.493 e. The average Bonchev–Trinajstić information content (AvgIpc) is 2.73. The van der Waals surface area contributed by atoms with Gasteiger partial charge in [0.25, 0.3) is 0 Å². The maximum Gasteiger partial charge on any atom is 0.418 e. The molecule has 10 heteroatoms. The van der Waals surface area contributed by atoms with Gasteiger partial charge in [0.05, 0.1) is 30.0 Å². The van der Waals surface area contributed by atoms with Crippen LogP contribution in [0.5, 0.6) is 11.5 Å². The van der Waals surface area contributed by atoms with Crippen LogP contribution in [-0.4, -0.2) is 22.9 Å². The molecule has 31 heavy (non-hydrogen) atoms. The van der Waals surface area contributed by atoms with Gasteiger partial charge in [-0.2, -0.15) is 23.5 Å². The number of nitrogens with zero attached hydrogens (tertiary/aromatic N) is 3. The molecule has 0 fully saturated rings. The van der Waals surface area contributed by atoms with E-state index in [0.717, 1.165) is 16.8 Å². The maximum atomic E-state index is 13.4. The molecule has 3 aromatic rings. The number of nitriles is 1. The van der Waals surface area contributed by atoms with Gasteiger partial charge in [0.15, 0.2) is 11.5 Å². The number of hydrogen-bond donors (Lipinski definition) is 0. The fourth-order valence-electron chi connectivity index (χ4n) is 2.80. The van der Waals surface area contributed by atoms with Gasteiger partial charge in [-0.25, -0.2) is 9.48 Å². The van der Waals surface area contributed by atoms with Gasteiger partial charge in [-0.3, -0.25) is 4.79 Å². The summed E-state index contributed by atoms with van der Waals surface area (Å²) >= 11 is 0. The van der Waals surface area contributed by atoms with Gasteiger partial charge in [0.1, 0.15) is 0 Å². The van der Waals surface area contributed by atoms with Gasteiger partial charge in [-0.1, -0.05) is 12.1 Å². The molecule has 1 aromatic heterocycles. The molecule has 0 atom stereocenters. The first-order valence-corrected chi connectivity index (χ1v) is 8.73. The first-order chi connectivity index (χ1) is 14.7. The highest BCUT2D eigenvalue weighted by atomic mass is 19.4. The van der Waals surface area contributed by atoms with Crippen LogP contribution in [0.2, 0.25) is 0 Å². The van der Waals surface area contributed by atoms with E-state index in [1.54, 1.807) is 0 Å². The van der Waals surface area contributed by atoms with Crippen molar-refractivity contribution < 1.29 is 27.4 Å². The Morgan fingerprint density at radius 2 is 1.84 bits per heavy atom. The van der Waals surface area contributed by atoms with Crippen LogP contribution in [0.15, 0.2) is 53.3 Å². The van der Waals surface area contributed by atoms with E-state index in [2.05, 4.69) is 5.10 Å². The number of benzene rings is 2. The lowest BCUT2D eigenvalue weighted by Crippen LogP contribution is -2.26. The second kappa shape index (κ2) is 8.31. The molecule has 3 rings (SSSR count). The number of esters is 1. The minimum absolute atomic E-state index is 0.0576. The highest BCUT2D eigenvalue weighted by molar-refractivity contribution is 5.89. The summed E-state index contributed by atoms with van der Waals surface area (Å²) in [6.07, 6.45) is -4.68. The van der Waals surface area contributed by atoms with Crippen LogP contribution in [0.1, 0.15) is 27.3 Å². The van der Waals surface area contributed by atoms with E-state index in [0.29, 0.717) is 0 Å². The molecule has 0 bridgehead atoms. The Balaban J connectivity index is 2.07. The Morgan fingerprint density at radius 3 is 2.48 bits per heavy atom. The van der Waals surface area contributed by atoms with Crippen molar-refractivity contribution in [1.29, 1.82) is 5.26 Å². The summed E-state index contributed by atoms with van der Waals surface area (Å²) in [5.41, 5.74) is -2.53. The van der Waals surface area contributed by atoms with Gasteiger partial charge in [-0.15, -0.1) is 0 Å². The van der Waals surface area contributed by atoms with Crippen molar-refractivity contribution in [3.8, 4) is 23.3 Å². The maximum absolute atomic E-state index is 13.4. The van der Waals surface area contributed by atoms with E-state index < -0.39 is 28.8 Å². The summed E-state index contributed by atoms with van der Waals surface area (Å²) in [5, 5.41) is 12.8. The SMILES string of the molecule is COc1cc(C#N)ccc1OC(=O)c1nn(-c2ccccc2C(F)(F)F)c(C)cc1=O. The molecule has 0 spiro atoms. The van der Waals surface area contributed by atoms with Crippen molar-refractivity contribution >= 4 is 5.97 Å². The van der Waals surface area contributed by atoms with Crippen LogP contribution in [0.25, 0.3) is 5.69 Å². The molecule has 0 aliphatic rings. The molecule has 2 aromatic carbocycles. The minimum Gasteiger partial charge on any atom is -0.493 e. The van der Waals surface area contributed by atoms with Crippen LogP contribution in [0, 0.1) is 18.3 Å². The van der Waals surface area contributed by atoms with Crippen LogP contribution < -0.4 is 14.9 Å². The number of aromatic nitrogens is 2. The number of carbonyl (C=O) groups excluding carboxylic acids is 1. The predicted octanol–water partition coefficient (Wildman–Crippen LogP) is 3.66. The zero-order valence-corrected chi connectivity index (χ0v) is 16.2. The zero-order chi connectivity index (χ0) is 22.8. The molecule has 158 valence electrons. The van der Waals surface area contributed by atoms with E-state index >= 15 is 0 Å². The van der Waals surface area contributed by atoms with Crippen LogP contribution in [0.4, 0.5) is 13.2 Å². The molecule has 0 aliphatic heterocycles. The summed E-state index contributed by atoms with van der Waals surface area (Å²) in [7, 11) is 1.29. The molecule has 0 amide bonds. The smallest absolute Gasteiger partial charge is 0.418 e. The number of aryl methyl sites for hydroxylation is 1. The molecule has 0 saturated heterocycles. The highest BCUT2D eigenvalue weighted by Crippen LogP contribution is 2.33. The first-order valence-electron chi connectivity index (χ1n) is 8.73. The first kappa shape index (κ1) is 21.6. The number of methoxy groups -OCH3 is 1. The molecular formula is C21H14F3N3O4. The molecule has 0 radical (unpaired) electrons. The van der Waals surface area contributed by atoms with Crippen molar-refractivity contribution in [2.75, 3.05) is 7.11 Å². The van der Waals surface area contributed by atoms with E-state index in [-0.39, 0.29) is 28.4 Å². The third-order valence-electron chi connectivity index (χ3n) is 4.23. The van der Waals surface area contributed by atoms with Gasteiger partial charge >= 0.3 is 12.1 Å². The van der Waals surface area contributed by atoms with Crippen LogP contribution in [0.3, 0.4) is 0 Å². The summed E-state index contributed by atoms with van der Waals surface area (Å²) in [4.78, 5) is 24.9. The molecule has 0 aliphatic carbocycles. The Kier molecular flexibility index (Phi) is 5.79. The van der Waals surface area contributed by atoms with E-state index in [4.69, 9.17) is 14.7 Å². The lowest BCUT2D eigenvalue weighted by molar-refractivity contribution is -0.137. The summed E-state index contributed by atoms with van der Waals surface area (Å²) in [6, 6.07) is 11.5. The number of para-hydroxylation sites is 1. The van der Waals surface area contributed by atoms with Gasteiger partial charge in [0, 0.05) is 17.8 Å². The second-order valence-corrected chi connectivity index (χ2v) is 6.29. The topological polar surface area (TPSA) is 94.2 Å². The predicted molar refractivity (Wildman–Crippen MR) is 102 cm³/mol. The second-order valence-electron chi connectivity index (χ2n) is 6.29. The quantitative estimate of drug-likeness (QED) is 0.464. The van der Waals surface area contributed by atoms with Gasteiger partial charge in [-0.05, 0) is 31.2 Å². The summed E-state index contributed by atoms with van der Waals surface area (Å²) in [5.74, 6) is -1.22. The molecule has 1 heterocycles. The van der Waals surface area contributed by atoms with Crippen LogP contribution in [-0.2, 0) is 6.18 Å². The van der Waals surface area contributed by atoms with Crippen molar-refractivity contribution in [3.63, 3.8) is 0 Å². The van der Waals surface area contributed by atoms with E-state index in [1.807, 2.05) is 6.07 Å². The van der Waals surface area contributed by atoms with Gasteiger partial charge < -0.3 is 9.47 Å².